The fourth-order valence-electron chi connectivity index (χ4n) is 1.82. The van der Waals surface area contributed by atoms with E-state index in [4.69, 9.17) is 0 Å². The minimum atomic E-state index is -0.397. The van der Waals surface area contributed by atoms with Crippen LogP contribution in [0.5, 0.6) is 0 Å². The number of imide groups is 1. The summed E-state index contributed by atoms with van der Waals surface area (Å²) < 4.78 is 0.681. The molecular weight excluding hydrogens is 390 g/mol. The van der Waals surface area contributed by atoms with Crippen LogP contribution >= 0.6 is 50.8 Å². The lowest BCUT2D eigenvalue weighted by Gasteiger charge is -2.03. The smallest absolute Gasteiger partial charge is 0.260 e. The number of hydrogen-bond donors (Lipinski definition) is 1. The molecule has 108 valence electrons. The summed E-state index contributed by atoms with van der Waals surface area (Å²) in [6, 6.07) is 0. The summed E-state index contributed by atoms with van der Waals surface area (Å²) in [4.78, 5) is 26.7. The lowest BCUT2D eigenvalue weighted by Crippen LogP contribution is -2.21. The van der Waals surface area contributed by atoms with Gasteiger partial charge in [0.05, 0.1) is 20.9 Å². The van der Waals surface area contributed by atoms with Crippen molar-refractivity contribution < 1.29 is 9.59 Å². The first kappa shape index (κ1) is 16.4. The van der Waals surface area contributed by atoms with Crippen LogP contribution in [-0.4, -0.2) is 11.8 Å². The maximum atomic E-state index is 12.0. The Morgan fingerprint density at radius 1 is 1.10 bits per heavy atom. The van der Waals surface area contributed by atoms with E-state index in [-0.39, 0.29) is 0 Å². The zero-order valence-electron chi connectivity index (χ0n) is 10.8. The van der Waals surface area contributed by atoms with Gasteiger partial charge in [-0.2, -0.15) is 0 Å². The third-order valence-corrected chi connectivity index (χ3v) is 5.94. The Morgan fingerprint density at radius 3 is 2.10 bits per heavy atom. The van der Waals surface area contributed by atoms with Gasteiger partial charge in [-0.3, -0.25) is 14.9 Å². The highest BCUT2D eigenvalue weighted by Crippen LogP contribution is 2.46. The van der Waals surface area contributed by atoms with Crippen LogP contribution in [0.25, 0.3) is 9.81 Å². The molecule has 2 heterocycles. The summed E-state index contributed by atoms with van der Waals surface area (Å²) >= 11 is 7.21. The predicted octanol–water partition coefficient (Wildman–Crippen LogP) is 5.05. The van der Waals surface area contributed by atoms with Crippen molar-refractivity contribution in [1.29, 1.82) is 0 Å². The van der Waals surface area contributed by atoms with E-state index >= 15 is 0 Å². The first-order valence-electron chi connectivity index (χ1n) is 5.57. The fourth-order valence-corrected chi connectivity index (χ4v) is 4.82. The number of hydrogen-bond acceptors (Lipinski definition) is 5. The van der Waals surface area contributed by atoms with E-state index in [2.05, 4.69) is 47.6 Å². The lowest BCUT2D eigenvalue weighted by molar-refractivity contribution is 0.0879. The minimum Gasteiger partial charge on any atom is -0.288 e. The average Bonchev–Trinajstić information content (AvgIpc) is 2.89. The average molecular weight is 400 g/mol. The van der Waals surface area contributed by atoms with Gasteiger partial charge in [-0.05, 0) is 21.3 Å². The Kier molecular flexibility index (Phi) is 4.98. The molecule has 0 aromatic carbocycles. The molecular formula is C14H10BrNO2S3. The van der Waals surface area contributed by atoms with Crippen LogP contribution in [0, 0.1) is 0 Å². The largest absolute Gasteiger partial charge is 0.288 e. The van der Waals surface area contributed by atoms with Gasteiger partial charge in [0, 0.05) is 13.6 Å². The van der Waals surface area contributed by atoms with Crippen molar-refractivity contribution in [2.75, 3.05) is 0 Å². The van der Waals surface area contributed by atoms with E-state index in [9.17, 15) is 9.59 Å². The summed E-state index contributed by atoms with van der Waals surface area (Å²) in [5, 5.41) is 3.95. The maximum Gasteiger partial charge on any atom is 0.260 e. The monoisotopic (exact) mass is 399 g/mol. The highest BCUT2D eigenvalue weighted by Gasteiger charge is 2.36. The van der Waals surface area contributed by atoms with Gasteiger partial charge in [0.2, 0.25) is 0 Å². The third kappa shape index (κ3) is 3.11. The Hall–Kier alpha value is -1.02. The van der Waals surface area contributed by atoms with Crippen molar-refractivity contribution in [2.24, 2.45) is 0 Å². The molecule has 0 radical (unpaired) electrons. The SMILES string of the molecule is C=CSC(=C)c1sc(C(=C)SC(=C)Br)c2c1C(=O)NC2=O. The summed E-state index contributed by atoms with van der Waals surface area (Å²) in [5.41, 5.74) is 0.748. The van der Waals surface area contributed by atoms with Gasteiger partial charge in [-0.1, -0.05) is 49.8 Å². The van der Waals surface area contributed by atoms with E-state index in [1.165, 1.54) is 34.9 Å². The Bertz CT molecular complexity index is 718. The van der Waals surface area contributed by atoms with Crippen molar-refractivity contribution in [3.05, 3.63) is 56.4 Å². The second-order valence-electron chi connectivity index (χ2n) is 3.88. The van der Waals surface area contributed by atoms with E-state index in [0.717, 1.165) is 0 Å². The van der Waals surface area contributed by atoms with Gasteiger partial charge < -0.3 is 0 Å². The molecule has 7 heteroatoms. The van der Waals surface area contributed by atoms with Crippen LogP contribution in [0.4, 0.5) is 0 Å². The molecule has 0 unspecified atom stereocenters. The van der Waals surface area contributed by atoms with Crippen molar-refractivity contribution in [2.45, 2.75) is 0 Å². The summed E-state index contributed by atoms with van der Waals surface area (Å²) in [6.07, 6.45) is 0. The highest BCUT2D eigenvalue weighted by molar-refractivity contribution is 9.14. The number of thiophene rings is 1. The highest BCUT2D eigenvalue weighted by atomic mass is 79.9. The number of nitrogens with one attached hydrogen (secondary N) is 1. The second kappa shape index (κ2) is 6.39. The number of rotatable bonds is 6. The maximum absolute atomic E-state index is 12.0. The van der Waals surface area contributed by atoms with Crippen molar-refractivity contribution in [1.82, 2.24) is 5.32 Å². The standard InChI is InChI=1S/C14H10BrNO2S3/c1-5-19-6(2)11-9-10(14(18)16-13(9)17)12(21-11)7(3)20-8(4)15/h5H,1-4H2,(H,16,17,18). The number of carbonyl (C=O) groups is 2. The van der Waals surface area contributed by atoms with Crippen LogP contribution in [0.2, 0.25) is 0 Å². The normalized spacial score (nSPS) is 12.8. The van der Waals surface area contributed by atoms with Gasteiger partial charge in [-0.25, -0.2) is 0 Å². The topological polar surface area (TPSA) is 46.2 Å². The molecule has 2 amide bonds. The molecule has 1 aromatic rings. The summed E-state index contributed by atoms with van der Waals surface area (Å²) in [6.45, 7) is 15.3. The number of halogens is 1. The molecule has 0 aliphatic carbocycles. The fraction of sp³-hybridized carbons (Fsp3) is 0. The minimum absolute atomic E-state index is 0.372. The first-order valence-corrected chi connectivity index (χ1v) is 8.88. The molecule has 2 rings (SSSR count). The molecule has 1 aliphatic heterocycles. The van der Waals surface area contributed by atoms with Crippen molar-refractivity contribution in [3.8, 4) is 0 Å². The zero-order chi connectivity index (χ0) is 15.7. The number of thioether (sulfide) groups is 2. The molecule has 0 saturated carbocycles. The molecule has 0 spiro atoms. The zero-order valence-corrected chi connectivity index (χ0v) is 14.9. The van der Waals surface area contributed by atoms with Gasteiger partial charge in [0.25, 0.3) is 11.8 Å². The van der Waals surface area contributed by atoms with Gasteiger partial charge >= 0.3 is 0 Å². The summed E-state index contributed by atoms with van der Waals surface area (Å²) in [5.74, 6) is -0.792. The third-order valence-electron chi connectivity index (χ3n) is 2.56. The van der Waals surface area contributed by atoms with E-state index in [1.807, 2.05) is 0 Å². The summed E-state index contributed by atoms with van der Waals surface area (Å²) in [7, 11) is 0. The van der Waals surface area contributed by atoms with Gasteiger partial charge in [0.15, 0.2) is 0 Å². The van der Waals surface area contributed by atoms with Crippen LogP contribution < -0.4 is 5.32 Å². The molecule has 0 bridgehead atoms. The van der Waals surface area contributed by atoms with E-state index in [0.29, 0.717) is 34.5 Å². The van der Waals surface area contributed by atoms with Crippen LogP contribution in [0.1, 0.15) is 30.5 Å². The van der Waals surface area contributed by atoms with Crippen molar-refractivity contribution >= 4 is 72.4 Å². The molecule has 1 aliphatic rings. The molecule has 0 fully saturated rings. The van der Waals surface area contributed by atoms with Crippen LogP contribution in [-0.2, 0) is 0 Å². The van der Waals surface area contributed by atoms with E-state index in [1.54, 1.807) is 5.41 Å². The predicted molar refractivity (Wildman–Crippen MR) is 97.6 cm³/mol. The molecule has 3 nitrogen and oxygen atoms in total. The van der Waals surface area contributed by atoms with Crippen molar-refractivity contribution in [3.63, 3.8) is 0 Å². The Balaban J connectivity index is 2.58. The van der Waals surface area contributed by atoms with E-state index < -0.39 is 11.8 Å². The number of carbonyl (C=O) groups excluding carboxylic acids is 2. The van der Waals surface area contributed by atoms with Gasteiger partial charge in [-0.15, -0.1) is 11.3 Å². The van der Waals surface area contributed by atoms with Crippen LogP contribution in [0.15, 0.2) is 35.5 Å². The first-order chi connectivity index (χ1) is 9.86. The number of amides is 2. The molecule has 21 heavy (non-hydrogen) atoms. The Labute approximate surface area is 143 Å². The van der Waals surface area contributed by atoms with Gasteiger partial charge in [0.1, 0.15) is 0 Å². The molecule has 1 N–H and O–H groups in total. The quantitative estimate of drug-likeness (QED) is 0.679. The molecule has 0 atom stereocenters. The lowest BCUT2D eigenvalue weighted by atomic mass is 10.1. The second-order valence-corrected chi connectivity index (χ2v) is 8.64. The Morgan fingerprint density at radius 2 is 1.62 bits per heavy atom. The molecule has 0 saturated heterocycles. The van der Waals surface area contributed by atoms with Crippen LogP contribution in [0.3, 0.4) is 0 Å². The molecule has 1 aromatic heterocycles. The number of fused-ring (bicyclic) bond motifs is 1.